The van der Waals surface area contributed by atoms with E-state index in [4.69, 9.17) is 0 Å². The lowest BCUT2D eigenvalue weighted by Crippen LogP contribution is -2.58. The summed E-state index contributed by atoms with van der Waals surface area (Å²) < 4.78 is 0. The first-order valence-electron chi connectivity index (χ1n) is 8.88. The molecule has 6 nitrogen and oxygen atoms in total. The number of aliphatic hydroxyl groups is 2. The Morgan fingerprint density at radius 2 is 2.08 bits per heavy atom. The average Bonchev–Trinajstić information content (AvgIpc) is 2.63. The molecule has 2 fully saturated rings. The maximum absolute atomic E-state index is 12.4. The third kappa shape index (κ3) is 3.77. The minimum Gasteiger partial charge on any atom is -0.395 e. The standard InChI is InChI=1S/C18H27N3O3/c22-12-16(13-23)20-9-7-17-14(11-20)4-5-18(24)21(17)10-6-15-3-1-2-8-19-15/h1-3,8,14,16-17,22-23H,4-7,9-13H2/t14-,17+/m0/s1. The summed E-state index contributed by atoms with van der Waals surface area (Å²) >= 11 is 0. The fourth-order valence-electron chi connectivity index (χ4n) is 4.07. The van der Waals surface area contributed by atoms with Gasteiger partial charge < -0.3 is 15.1 Å². The second-order valence-corrected chi connectivity index (χ2v) is 6.83. The summed E-state index contributed by atoms with van der Waals surface area (Å²) in [5, 5.41) is 18.8. The van der Waals surface area contributed by atoms with E-state index in [-0.39, 0.29) is 31.2 Å². The summed E-state index contributed by atoms with van der Waals surface area (Å²) in [5.74, 6) is 0.683. The fourth-order valence-corrected chi connectivity index (χ4v) is 4.07. The van der Waals surface area contributed by atoms with Crippen LogP contribution in [0.15, 0.2) is 24.4 Å². The summed E-state index contributed by atoms with van der Waals surface area (Å²) in [4.78, 5) is 21.0. The number of hydrogen-bond acceptors (Lipinski definition) is 5. The lowest BCUT2D eigenvalue weighted by atomic mass is 9.83. The lowest BCUT2D eigenvalue weighted by Gasteiger charge is -2.48. The van der Waals surface area contributed by atoms with Crippen molar-refractivity contribution in [2.45, 2.75) is 37.8 Å². The van der Waals surface area contributed by atoms with Crippen LogP contribution in [0, 0.1) is 5.92 Å². The van der Waals surface area contributed by atoms with Crippen LogP contribution in [0.5, 0.6) is 0 Å². The molecule has 6 heteroatoms. The lowest BCUT2D eigenvalue weighted by molar-refractivity contribution is -0.141. The van der Waals surface area contributed by atoms with E-state index in [0.717, 1.165) is 44.6 Å². The van der Waals surface area contributed by atoms with Gasteiger partial charge in [0.25, 0.3) is 0 Å². The van der Waals surface area contributed by atoms with Gasteiger partial charge in [-0.2, -0.15) is 0 Å². The molecule has 2 saturated heterocycles. The van der Waals surface area contributed by atoms with Crippen LogP contribution in [0.3, 0.4) is 0 Å². The number of nitrogens with zero attached hydrogens (tertiary/aromatic N) is 3. The molecule has 132 valence electrons. The van der Waals surface area contributed by atoms with Gasteiger partial charge in [0.1, 0.15) is 0 Å². The number of likely N-dealkylation sites (tertiary alicyclic amines) is 2. The van der Waals surface area contributed by atoms with Crippen LogP contribution in [0.4, 0.5) is 0 Å². The Kier molecular flexibility index (Phi) is 5.81. The Balaban J connectivity index is 1.62. The zero-order chi connectivity index (χ0) is 16.9. The summed E-state index contributed by atoms with van der Waals surface area (Å²) in [6.07, 6.45) is 4.99. The molecular weight excluding hydrogens is 306 g/mol. The Bertz CT molecular complexity index is 536. The SMILES string of the molecule is O=C1CC[C@H]2CN(C(CO)CO)CC[C@H]2N1CCc1ccccn1. The molecule has 0 unspecified atom stereocenters. The van der Waals surface area contributed by atoms with Gasteiger partial charge in [-0.15, -0.1) is 0 Å². The van der Waals surface area contributed by atoms with E-state index >= 15 is 0 Å². The summed E-state index contributed by atoms with van der Waals surface area (Å²) in [7, 11) is 0. The molecule has 2 N–H and O–H groups in total. The average molecular weight is 333 g/mol. The highest BCUT2D eigenvalue weighted by Crippen LogP contribution is 2.32. The molecule has 24 heavy (non-hydrogen) atoms. The van der Waals surface area contributed by atoms with Crippen LogP contribution in [0.2, 0.25) is 0 Å². The molecule has 0 aromatic carbocycles. The van der Waals surface area contributed by atoms with Gasteiger partial charge in [0, 0.05) is 50.4 Å². The van der Waals surface area contributed by atoms with Crippen molar-refractivity contribution in [3.05, 3.63) is 30.1 Å². The minimum atomic E-state index is -0.175. The number of fused-ring (bicyclic) bond motifs is 1. The summed E-state index contributed by atoms with van der Waals surface area (Å²) in [6, 6.07) is 5.99. The first-order chi connectivity index (χ1) is 11.7. The van der Waals surface area contributed by atoms with Gasteiger partial charge in [0.05, 0.1) is 19.3 Å². The molecule has 2 aliphatic rings. The number of pyridine rings is 1. The molecule has 2 atom stereocenters. The Labute approximate surface area is 143 Å². The van der Waals surface area contributed by atoms with Crippen molar-refractivity contribution in [1.29, 1.82) is 0 Å². The molecule has 0 aliphatic carbocycles. The third-order valence-corrected chi connectivity index (χ3v) is 5.45. The normalized spacial score (nSPS) is 25.1. The maximum Gasteiger partial charge on any atom is 0.222 e. The summed E-state index contributed by atoms with van der Waals surface area (Å²) in [6.45, 7) is 2.36. The number of aromatic nitrogens is 1. The van der Waals surface area contributed by atoms with Crippen LogP contribution in [0.25, 0.3) is 0 Å². The zero-order valence-corrected chi connectivity index (χ0v) is 14.0. The van der Waals surface area contributed by atoms with Gasteiger partial charge in [-0.25, -0.2) is 0 Å². The molecule has 3 heterocycles. The van der Waals surface area contributed by atoms with Crippen molar-refractivity contribution in [3.63, 3.8) is 0 Å². The smallest absolute Gasteiger partial charge is 0.222 e. The monoisotopic (exact) mass is 333 g/mol. The van der Waals surface area contributed by atoms with Gasteiger partial charge in [0.15, 0.2) is 0 Å². The fraction of sp³-hybridized carbons (Fsp3) is 0.667. The molecule has 3 rings (SSSR count). The molecule has 1 aromatic heterocycles. The molecule has 0 saturated carbocycles. The van der Waals surface area contributed by atoms with Crippen molar-refractivity contribution in [2.75, 3.05) is 32.8 Å². The van der Waals surface area contributed by atoms with E-state index in [1.54, 1.807) is 6.20 Å². The van der Waals surface area contributed by atoms with E-state index in [2.05, 4.69) is 9.88 Å². The molecule has 1 amide bonds. The molecule has 1 aromatic rings. The van der Waals surface area contributed by atoms with Crippen molar-refractivity contribution in [2.24, 2.45) is 5.92 Å². The van der Waals surface area contributed by atoms with Gasteiger partial charge in [-0.05, 0) is 30.9 Å². The van der Waals surface area contributed by atoms with Gasteiger partial charge in [-0.1, -0.05) is 6.07 Å². The molecule has 2 aliphatic heterocycles. The third-order valence-electron chi connectivity index (χ3n) is 5.45. The molecular formula is C18H27N3O3. The van der Waals surface area contributed by atoms with Crippen LogP contribution < -0.4 is 0 Å². The second-order valence-electron chi connectivity index (χ2n) is 6.83. The predicted molar refractivity (Wildman–Crippen MR) is 90.3 cm³/mol. The minimum absolute atomic E-state index is 0.0177. The topological polar surface area (TPSA) is 76.9 Å². The number of aliphatic hydroxyl groups excluding tert-OH is 2. The summed E-state index contributed by atoms with van der Waals surface area (Å²) in [5.41, 5.74) is 1.02. The van der Waals surface area contributed by atoms with Crippen LogP contribution in [-0.2, 0) is 11.2 Å². The largest absolute Gasteiger partial charge is 0.395 e. The van der Waals surface area contributed by atoms with Crippen LogP contribution in [0.1, 0.15) is 25.0 Å². The number of carbonyl (C=O) groups excluding carboxylic acids is 1. The maximum atomic E-state index is 12.4. The highest BCUT2D eigenvalue weighted by atomic mass is 16.3. The zero-order valence-electron chi connectivity index (χ0n) is 14.0. The van der Waals surface area contributed by atoms with E-state index in [9.17, 15) is 15.0 Å². The Hall–Kier alpha value is -1.50. The quantitative estimate of drug-likeness (QED) is 0.782. The van der Waals surface area contributed by atoms with Crippen molar-refractivity contribution >= 4 is 5.91 Å². The van der Waals surface area contributed by atoms with Crippen molar-refractivity contribution < 1.29 is 15.0 Å². The molecule has 0 spiro atoms. The van der Waals surface area contributed by atoms with Gasteiger partial charge in [-0.3, -0.25) is 14.7 Å². The first-order valence-corrected chi connectivity index (χ1v) is 8.88. The Morgan fingerprint density at radius 3 is 2.79 bits per heavy atom. The van der Waals surface area contributed by atoms with E-state index in [0.29, 0.717) is 12.3 Å². The predicted octanol–water partition coefficient (Wildman–Crippen LogP) is 0.290. The Morgan fingerprint density at radius 1 is 1.25 bits per heavy atom. The number of rotatable bonds is 6. The number of hydrogen-bond donors (Lipinski definition) is 2. The number of piperidine rings is 2. The number of amides is 1. The highest BCUT2D eigenvalue weighted by Gasteiger charge is 2.40. The van der Waals surface area contributed by atoms with Crippen LogP contribution in [-0.4, -0.2) is 75.8 Å². The van der Waals surface area contributed by atoms with Crippen LogP contribution >= 0.6 is 0 Å². The number of carbonyl (C=O) groups is 1. The van der Waals surface area contributed by atoms with E-state index in [1.165, 1.54) is 0 Å². The van der Waals surface area contributed by atoms with Gasteiger partial charge in [0.2, 0.25) is 5.91 Å². The van der Waals surface area contributed by atoms with Crippen molar-refractivity contribution in [1.82, 2.24) is 14.8 Å². The molecule has 0 bridgehead atoms. The van der Waals surface area contributed by atoms with E-state index < -0.39 is 0 Å². The van der Waals surface area contributed by atoms with Crippen molar-refractivity contribution in [3.8, 4) is 0 Å². The first kappa shape index (κ1) is 17.3. The second kappa shape index (κ2) is 8.05. The molecule has 0 radical (unpaired) electrons. The highest BCUT2D eigenvalue weighted by molar-refractivity contribution is 5.77. The van der Waals surface area contributed by atoms with Gasteiger partial charge >= 0.3 is 0 Å². The van der Waals surface area contributed by atoms with E-state index in [1.807, 2.05) is 23.1 Å².